The van der Waals surface area contributed by atoms with Crippen LogP contribution >= 0.6 is 0 Å². The van der Waals surface area contributed by atoms with E-state index in [-0.39, 0.29) is 6.61 Å². The van der Waals surface area contributed by atoms with E-state index in [9.17, 15) is 0 Å². The van der Waals surface area contributed by atoms with Crippen LogP contribution < -0.4 is 0 Å². The first kappa shape index (κ1) is 9.37. The molecule has 0 aliphatic heterocycles. The van der Waals surface area contributed by atoms with Crippen LogP contribution in [0.15, 0.2) is 54.6 Å². The van der Waals surface area contributed by atoms with Crippen LogP contribution in [0.25, 0.3) is 21.5 Å². The van der Waals surface area contributed by atoms with Gasteiger partial charge in [0, 0.05) is 0 Å². The molecule has 0 aliphatic carbocycles. The highest BCUT2D eigenvalue weighted by atomic mass is 16.3. The summed E-state index contributed by atoms with van der Waals surface area (Å²) in [5, 5.41) is 14.0. The number of aliphatic hydroxyl groups is 1. The number of rotatable bonds is 1. The topological polar surface area (TPSA) is 20.2 Å². The highest BCUT2D eigenvalue weighted by Gasteiger charge is 1.98. The lowest BCUT2D eigenvalue weighted by Gasteiger charge is -2.03. The molecule has 0 unspecified atom stereocenters. The number of hydrogen-bond donors (Lipinski definition) is 1. The van der Waals surface area contributed by atoms with E-state index >= 15 is 0 Å². The monoisotopic (exact) mass is 208 g/mol. The number of hydrogen-bond acceptors (Lipinski definition) is 1. The molecule has 3 rings (SSSR count). The van der Waals surface area contributed by atoms with Gasteiger partial charge in [-0.05, 0) is 45.3 Å². The molecule has 1 heteroatoms. The zero-order valence-corrected chi connectivity index (χ0v) is 8.85. The molecule has 0 spiro atoms. The van der Waals surface area contributed by atoms with Gasteiger partial charge in [0.25, 0.3) is 0 Å². The van der Waals surface area contributed by atoms with E-state index in [1.54, 1.807) is 0 Å². The fraction of sp³-hybridized carbons (Fsp3) is 0.0667. The van der Waals surface area contributed by atoms with Gasteiger partial charge in [-0.15, -0.1) is 0 Å². The molecule has 0 fully saturated rings. The maximum atomic E-state index is 9.11. The van der Waals surface area contributed by atoms with Crippen molar-refractivity contribution in [1.82, 2.24) is 0 Å². The molecule has 16 heavy (non-hydrogen) atoms. The zero-order chi connectivity index (χ0) is 11.0. The van der Waals surface area contributed by atoms with Crippen LogP contribution in [0, 0.1) is 0 Å². The van der Waals surface area contributed by atoms with Gasteiger partial charge in [-0.2, -0.15) is 0 Å². The largest absolute Gasteiger partial charge is 0.392 e. The first-order chi connectivity index (χ1) is 7.86. The Kier molecular flexibility index (Phi) is 2.12. The van der Waals surface area contributed by atoms with Gasteiger partial charge in [-0.3, -0.25) is 0 Å². The summed E-state index contributed by atoms with van der Waals surface area (Å²) in [6.07, 6.45) is 0. The van der Waals surface area contributed by atoms with Crippen molar-refractivity contribution in [2.75, 3.05) is 0 Å². The number of fused-ring (bicyclic) bond motifs is 2. The van der Waals surface area contributed by atoms with Crippen LogP contribution in [0.4, 0.5) is 0 Å². The van der Waals surface area contributed by atoms with Crippen molar-refractivity contribution >= 4 is 21.5 Å². The molecule has 1 N–H and O–H groups in total. The van der Waals surface area contributed by atoms with Crippen molar-refractivity contribution in [1.29, 1.82) is 0 Å². The minimum Gasteiger partial charge on any atom is -0.392 e. The molecule has 0 radical (unpaired) electrons. The maximum Gasteiger partial charge on any atom is 0.0682 e. The molecular formula is C15H12O. The third-order valence-corrected chi connectivity index (χ3v) is 2.95. The normalized spacial score (nSPS) is 11.1. The second-order valence-corrected chi connectivity index (χ2v) is 4.04. The first-order valence-corrected chi connectivity index (χ1v) is 5.39. The lowest BCUT2D eigenvalue weighted by Crippen LogP contribution is -1.83. The molecule has 1 nitrogen and oxygen atoms in total. The Morgan fingerprint density at radius 1 is 0.688 bits per heavy atom. The summed E-state index contributed by atoms with van der Waals surface area (Å²) in [5.74, 6) is 0. The quantitative estimate of drug-likeness (QED) is 0.607. The molecule has 0 saturated heterocycles. The average molecular weight is 208 g/mol. The third-order valence-electron chi connectivity index (χ3n) is 2.95. The first-order valence-electron chi connectivity index (χ1n) is 5.39. The molecule has 0 heterocycles. The van der Waals surface area contributed by atoms with Crippen molar-refractivity contribution in [2.45, 2.75) is 6.61 Å². The molecule has 3 aromatic rings. The Labute approximate surface area is 94.0 Å². The van der Waals surface area contributed by atoms with E-state index in [4.69, 9.17) is 5.11 Å². The summed E-state index contributed by atoms with van der Waals surface area (Å²) in [7, 11) is 0. The van der Waals surface area contributed by atoms with Gasteiger partial charge in [0.15, 0.2) is 0 Å². The SMILES string of the molecule is OCc1ccc2cc3ccccc3cc2c1. The Morgan fingerprint density at radius 3 is 2.00 bits per heavy atom. The number of aliphatic hydroxyl groups excluding tert-OH is 1. The van der Waals surface area contributed by atoms with Crippen LogP contribution in [0.3, 0.4) is 0 Å². The minimum atomic E-state index is 0.1000. The summed E-state index contributed by atoms with van der Waals surface area (Å²) in [6.45, 7) is 0.1000. The van der Waals surface area contributed by atoms with Crippen molar-refractivity contribution in [2.24, 2.45) is 0 Å². The van der Waals surface area contributed by atoms with E-state index in [2.05, 4.69) is 36.4 Å². The average Bonchev–Trinajstić information content (AvgIpc) is 2.35. The number of benzene rings is 3. The van der Waals surface area contributed by atoms with E-state index in [1.807, 2.05) is 18.2 Å². The Hall–Kier alpha value is -1.86. The highest BCUT2D eigenvalue weighted by molar-refractivity contribution is 5.98. The maximum absolute atomic E-state index is 9.11. The summed E-state index contributed by atoms with van der Waals surface area (Å²) in [6, 6.07) is 18.8. The van der Waals surface area contributed by atoms with Gasteiger partial charge in [-0.25, -0.2) is 0 Å². The standard InChI is InChI=1S/C15H12O/c16-10-11-5-6-14-8-12-3-1-2-4-13(12)9-15(14)7-11/h1-9,16H,10H2. The summed E-state index contributed by atoms with van der Waals surface area (Å²) in [5.41, 5.74) is 0.961. The van der Waals surface area contributed by atoms with Crippen molar-refractivity contribution in [3.63, 3.8) is 0 Å². The third kappa shape index (κ3) is 1.46. The van der Waals surface area contributed by atoms with Crippen LogP contribution in [0.2, 0.25) is 0 Å². The Bertz CT molecular complexity index is 656. The van der Waals surface area contributed by atoms with E-state index in [0.717, 1.165) is 5.56 Å². The molecule has 3 aromatic carbocycles. The molecule has 78 valence electrons. The molecule has 0 amide bonds. The lowest BCUT2D eigenvalue weighted by molar-refractivity contribution is 0.282. The summed E-state index contributed by atoms with van der Waals surface area (Å²) >= 11 is 0. The Balaban J connectivity index is 2.37. The van der Waals surface area contributed by atoms with E-state index in [0.29, 0.717) is 0 Å². The van der Waals surface area contributed by atoms with Gasteiger partial charge >= 0.3 is 0 Å². The predicted molar refractivity (Wildman–Crippen MR) is 67.4 cm³/mol. The smallest absolute Gasteiger partial charge is 0.0682 e. The molecule has 0 bridgehead atoms. The zero-order valence-electron chi connectivity index (χ0n) is 8.85. The van der Waals surface area contributed by atoms with Crippen molar-refractivity contribution in [3.8, 4) is 0 Å². The van der Waals surface area contributed by atoms with E-state index in [1.165, 1.54) is 21.5 Å². The molecule has 0 aromatic heterocycles. The fourth-order valence-electron chi connectivity index (χ4n) is 2.09. The predicted octanol–water partition coefficient (Wildman–Crippen LogP) is 3.49. The molecule has 0 aliphatic rings. The molecular weight excluding hydrogens is 196 g/mol. The van der Waals surface area contributed by atoms with Gasteiger partial charge in [0.2, 0.25) is 0 Å². The molecule has 0 atom stereocenters. The second-order valence-electron chi connectivity index (χ2n) is 4.04. The van der Waals surface area contributed by atoms with Crippen LogP contribution in [-0.4, -0.2) is 5.11 Å². The van der Waals surface area contributed by atoms with Crippen LogP contribution in [-0.2, 0) is 6.61 Å². The van der Waals surface area contributed by atoms with Gasteiger partial charge in [0.1, 0.15) is 0 Å². The fourth-order valence-corrected chi connectivity index (χ4v) is 2.09. The van der Waals surface area contributed by atoms with Crippen LogP contribution in [0.5, 0.6) is 0 Å². The van der Waals surface area contributed by atoms with Crippen molar-refractivity contribution in [3.05, 3.63) is 60.2 Å². The van der Waals surface area contributed by atoms with Crippen LogP contribution in [0.1, 0.15) is 5.56 Å². The van der Waals surface area contributed by atoms with Crippen molar-refractivity contribution < 1.29 is 5.11 Å². The highest BCUT2D eigenvalue weighted by Crippen LogP contribution is 2.23. The summed E-state index contributed by atoms with van der Waals surface area (Å²) in [4.78, 5) is 0. The molecule has 0 saturated carbocycles. The Morgan fingerprint density at radius 2 is 1.31 bits per heavy atom. The van der Waals surface area contributed by atoms with Gasteiger partial charge in [0.05, 0.1) is 6.61 Å². The summed E-state index contributed by atoms with van der Waals surface area (Å²) < 4.78 is 0. The minimum absolute atomic E-state index is 0.1000. The van der Waals surface area contributed by atoms with Gasteiger partial charge in [-0.1, -0.05) is 36.4 Å². The van der Waals surface area contributed by atoms with Gasteiger partial charge < -0.3 is 5.11 Å². The lowest BCUT2D eigenvalue weighted by atomic mass is 10.0. The van der Waals surface area contributed by atoms with E-state index < -0.39 is 0 Å². The second kappa shape index (κ2) is 3.62.